The number of carbonyl (C=O) groups is 1. The number of halogens is 1. The van der Waals surface area contributed by atoms with Crippen LogP contribution in [0.15, 0.2) is 36.7 Å². The van der Waals surface area contributed by atoms with Crippen molar-refractivity contribution in [2.45, 2.75) is 32.9 Å². The molecule has 0 N–H and O–H groups in total. The molecule has 3 atom stereocenters. The minimum absolute atomic E-state index is 0. The summed E-state index contributed by atoms with van der Waals surface area (Å²) >= 11 is 0. The smallest absolute Gasteiger partial charge is 0.257 e. The molecule has 0 aliphatic carbocycles. The molecule has 2 fully saturated rings. The monoisotopic (exact) mass is 388 g/mol. The first kappa shape index (κ1) is 19.9. The van der Waals surface area contributed by atoms with Gasteiger partial charge in [0.15, 0.2) is 0 Å². The summed E-state index contributed by atoms with van der Waals surface area (Å²) < 4.78 is 1.86. The molecular formula is C21H29ClN4O. The first-order chi connectivity index (χ1) is 12.5. The molecule has 0 saturated carbocycles. The molecule has 27 heavy (non-hydrogen) atoms. The number of hydrogen-bond acceptors (Lipinski definition) is 3. The zero-order valence-corrected chi connectivity index (χ0v) is 17.3. The number of fused-ring (bicyclic) bond motifs is 1. The van der Waals surface area contributed by atoms with E-state index in [1.807, 2.05) is 15.8 Å². The third kappa shape index (κ3) is 3.50. The van der Waals surface area contributed by atoms with Crippen LogP contribution in [-0.2, 0) is 0 Å². The summed E-state index contributed by atoms with van der Waals surface area (Å²) in [5.74, 6) is 1.18. The average Bonchev–Trinajstić information content (AvgIpc) is 3.29. The lowest BCUT2D eigenvalue weighted by Gasteiger charge is -2.28. The molecule has 1 aromatic carbocycles. The Bertz CT molecular complexity index is 818. The number of benzene rings is 1. The molecule has 2 aliphatic heterocycles. The van der Waals surface area contributed by atoms with Crippen molar-refractivity contribution in [1.29, 1.82) is 0 Å². The average molecular weight is 389 g/mol. The molecule has 6 heteroatoms. The van der Waals surface area contributed by atoms with E-state index in [1.165, 1.54) is 11.1 Å². The predicted molar refractivity (Wildman–Crippen MR) is 109 cm³/mol. The van der Waals surface area contributed by atoms with Crippen LogP contribution in [0, 0.1) is 18.8 Å². The van der Waals surface area contributed by atoms with Gasteiger partial charge < -0.3 is 4.90 Å². The quantitative estimate of drug-likeness (QED) is 0.807. The van der Waals surface area contributed by atoms with Crippen LogP contribution in [0.3, 0.4) is 0 Å². The third-order valence-electron chi connectivity index (χ3n) is 6.07. The summed E-state index contributed by atoms with van der Waals surface area (Å²) in [6.07, 6.45) is 3.59. The van der Waals surface area contributed by atoms with Gasteiger partial charge in [0.1, 0.15) is 0 Å². The molecule has 2 saturated heterocycles. The Balaban J connectivity index is 0.00000210. The lowest BCUT2D eigenvalue weighted by Crippen LogP contribution is -2.33. The summed E-state index contributed by atoms with van der Waals surface area (Å²) in [4.78, 5) is 17.5. The van der Waals surface area contributed by atoms with Gasteiger partial charge in [-0.1, -0.05) is 24.3 Å². The summed E-state index contributed by atoms with van der Waals surface area (Å²) in [7, 11) is 2.22. The highest BCUT2D eigenvalue weighted by atomic mass is 35.5. The number of aromatic nitrogens is 2. The van der Waals surface area contributed by atoms with E-state index in [9.17, 15) is 4.79 Å². The van der Waals surface area contributed by atoms with Gasteiger partial charge in [-0.25, -0.2) is 0 Å². The molecule has 0 bridgehead atoms. The van der Waals surface area contributed by atoms with Crippen molar-refractivity contribution in [1.82, 2.24) is 19.6 Å². The van der Waals surface area contributed by atoms with Gasteiger partial charge in [-0.05, 0) is 44.9 Å². The lowest BCUT2D eigenvalue weighted by molar-refractivity contribution is 0.0767. The van der Waals surface area contributed by atoms with Gasteiger partial charge in [0.25, 0.3) is 5.91 Å². The number of aryl methyl sites for hydroxylation is 1. The maximum absolute atomic E-state index is 13.0. The molecule has 2 aliphatic rings. The Kier molecular flexibility index (Phi) is 5.63. The maximum atomic E-state index is 13.0. The number of hydrogen-bond donors (Lipinski definition) is 0. The standard InChI is InChI=1S/C21H28N4O.ClH/c1-14(2)25-12-16(9-22-25)21(26)24-11-17-10-23(4)20(19(17)13-24)18-8-6-5-7-15(18)3;/h5-9,12,14,17,19-20H,10-11,13H2,1-4H3;1H/t17-,19+,20-;/m0./s1. The Hall–Kier alpha value is -1.85. The van der Waals surface area contributed by atoms with Crippen LogP contribution in [0.4, 0.5) is 0 Å². The molecular weight excluding hydrogens is 360 g/mol. The number of rotatable bonds is 3. The first-order valence-corrected chi connectivity index (χ1v) is 9.55. The predicted octanol–water partition coefficient (Wildman–Crippen LogP) is 3.57. The fourth-order valence-electron chi connectivity index (χ4n) is 4.72. The van der Waals surface area contributed by atoms with Crippen LogP contribution in [0.2, 0.25) is 0 Å². The highest BCUT2D eigenvalue weighted by molar-refractivity contribution is 5.94. The number of carbonyl (C=O) groups excluding carboxylic acids is 1. The second kappa shape index (κ2) is 7.64. The third-order valence-corrected chi connectivity index (χ3v) is 6.07. The van der Waals surface area contributed by atoms with Crippen molar-refractivity contribution in [2.75, 3.05) is 26.7 Å². The number of nitrogens with zero attached hydrogens (tertiary/aromatic N) is 4. The summed E-state index contributed by atoms with van der Waals surface area (Å²) in [6.45, 7) is 9.07. The van der Waals surface area contributed by atoms with E-state index in [0.717, 1.165) is 19.6 Å². The molecule has 2 aromatic rings. The minimum atomic E-state index is 0. The van der Waals surface area contributed by atoms with Crippen LogP contribution in [0.25, 0.3) is 0 Å². The molecule has 0 spiro atoms. The van der Waals surface area contributed by atoms with Crippen molar-refractivity contribution >= 4 is 18.3 Å². The van der Waals surface area contributed by atoms with Crippen LogP contribution in [-0.4, -0.2) is 52.2 Å². The van der Waals surface area contributed by atoms with E-state index in [2.05, 4.69) is 62.1 Å². The van der Waals surface area contributed by atoms with Crippen molar-refractivity contribution in [3.63, 3.8) is 0 Å². The van der Waals surface area contributed by atoms with Crippen molar-refractivity contribution in [3.05, 3.63) is 53.3 Å². The Morgan fingerprint density at radius 2 is 1.93 bits per heavy atom. The van der Waals surface area contributed by atoms with Gasteiger partial charge in [-0.2, -0.15) is 5.10 Å². The fourth-order valence-corrected chi connectivity index (χ4v) is 4.72. The lowest BCUT2D eigenvalue weighted by atomic mass is 9.88. The Labute approximate surface area is 167 Å². The van der Waals surface area contributed by atoms with Gasteiger partial charge in [0, 0.05) is 43.8 Å². The Morgan fingerprint density at radius 3 is 2.59 bits per heavy atom. The normalized spacial score (nSPS) is 24.9. The summed E-state index contributed by atoms with van der Waals surface area (Å²) in [5, 5.41) is 4.33. The highest BCUT2D eigenvalue weighted by Gasteiger charge is 2.47. The van der Waals surface area contributed by atoms with E-state index >= 15 is 0 Å². The molecule has 3 heterocycles. The number of amides is 1. The van der Waals surface area contributed by atoms with Crippen molar-refractivity contribution in [3.8, 4) is 0 Å². The SMILES string of the molecule is Cc1ccccc1[C@H]1[C@@H]2CN(C(=O)c3cnn(C(C)C)c3)C[C@@H]2CN1C.Cl. The topological polar surface area (TPSA) is 41.4 Å². The molecule has 0 unspecified atom stereocenters. The van der Waals surface area contributed by atoms with E-state index in [-0.39, 0.29) is 24.4 Å². The second-order valence-electron chi connectivity index (χ2n) is 8.18. The maximum Gasteiger partial charge on any atom is 0.257 e. The molecule has 5 nitrogen and oxygen atoms in total. The molecule has 1 amide bonds. The zero-order chi connectivity index (χ0) is 18.4. The van der Waals surface area contributed by atoms with Crippen molar-refractivity contribution in [2.24, 2.45) is 11.8 Å². The minimum Gasteiger partial charge on any atom is -0.338 e. The fraction of sp³-hybridized carbons (Fsp3) is 0.524. The van der Waals surface area contributed by atoms with Gasteiger partial charge >= 0.3 is 0 Å². The van der Waals surface area contributed by atoms with E-state index < -0.39 is 0 Å². The van der Waals surface area contributed by atoms with Gasteiger partial charge in [-0.15, -0.1) is 12.4 Å². The largest absolute Gasteiger partial charge is 0.338 e. The zero-order valence-electron chi connectivity index (χ0n) is 16.5. The second-order valence-corrected chi connectivity index (χ2v) is 8.18. The van der Waals surface area contributed by atoms with Crippen LogP contribution in [0.5, 0.6) is 0 Å². The van der Waals surface area contributed by atoms with Gasteiger partial charge in [0.05, 0.1) is 11.8 Å². The van der Waals surface area contributed by atoms with E-state index in [1.54, 1.807) is 6.20 Å². The van der Waals surface area contributed by atoms with Crippen LogP contribution in [0.1, 0.15) is 47.4 Å². The number of likely N-dealkylation sites (tertiary alicyclic amines) is 2. The highest BCUT2D eigenvalue weighted by Crippen LogP contribution is 2.45. The molecule has 0 radical (unpaired) electrons. The van der Waals surface area contributed by atoms with Gasteiger partial charge in [0.2, 0.25) is 0 Å². The van der Waals surface area contributed by atoms with Crippen LogP contribution >= 0.6 is 12.4 Å². The van der Waals surface area contributed by atoms with Crippen molar-refractivity contribution < 1.29 is 4.79 Å². The summed E-state index contributed by atoms with van der Waals surface area (Å²) in [6, 6.07) is 9.33. The molecule has 1 aromatic heterocycles. The van der Waals surface area contributed by atoms with Gasteiger partial charge in [-0.3, -0.25) is 14.4 Å². The molecule has 146 valence electrons. The Morgan fingerprint density at radius 1 is 1.19 bits per heavy atom. The first-order valence-electron chi connectivity index (χ1n) is 9.55. The summed E-state index contributed by atoms with van der Waals surface area (Å²) in [5.41, 5.74) is 3.46. The van der Waals surface area contributed by atoms with E-state index in [4.69, 9.17) is 0 Å². The van der Waals surface area contributed by atoms with E-state index in [0.29, 0.717) is 23.4 Å². The molecule has 4 rings (SSSR count). The van der Waals surface area contributed by atoms with Crippen LogP contribution < -0.4 is 0 Å².